The van der Waals surface area contributed by atoms with Crippen molar-refractivity contribution < 1.29 is 8.83 Å². The van der Waals surface area contributed by atoms with E-state index in [0.717, 1.165) is 18.4 Å². The lowest BCUT2D eigenvalue weighted by atomic mass is 10.2. The second kappa shape index (κ2) is 6.93. The Bertz CT molecular complexity index is 741. The third-order valence-corrected chi connectivity index (χ3v) is 3.84. The summed E-state index contributed by atoms with van der Waals surface area (Å²) in [5.41, 5.74) is 0.830. The molecule has 0 radical (unpaired) electrons. The molecule has 0 amide bonds. The normalized spacial score (nSPS) is 11.0. The molecule has 0 atom stereocenters. The Morgan fingerprint density at radius 2 is 1.77 bits per heavy atom. The van der Waals surface area contributed by atoms with Crippen LogP contribution in [-0.2, 0) is 12.2 Å². The Balaban J connectivity index is 1.62. The average Bonchev–Trinajstić information content (AvgIpc) is 3.16. The van der Waals surface area contributed by atoms with Crippen LogP contribution in [0.1, 0.15) is 25.1 Å². The van der Waals surface area contributed by atoms with E-state index in [1.165, 1.54) is 11.8 Å². The van der Waals surface area contributed by atoms with E-state index in [4.69, 9.17) is 20.4 Å². The number of hydrogen-bond acceptors (Lipinski definition) is 7. The highest BCUT2D eigenvalue weighted by molar-refractivity contribution is 7.98. The number of aryl methyl sites for hydroxylation is 1. The van der Waals surface area contributed by atoms with Gasteiger partial charge in [0.25, 0.3) is 5.22 Å². The first-order valence-corrected chi connectivity index (χ1v) is 8.14. The minimum Gasteiger partial charge on any atom is -0.420 e. The van der Waals surface area contributed by atoms with Gasteiger partial charge in [0.1, 0.15) is 0 Å². The zero-order valence-electron chi connectivity index (χ0n) is 11.8. The van der Waals surface area contributed by atoms with Crippen LogP contribution in [-0.4, -0.2) is 20.4 Å². The zero-order valence-corrected chi connectivity index (χ0v) is 13.4. The second-order valence-electron chi connectivity index (χ2n) is 4.51. The van der Waals surface area contributed by atoms with Gasteiger partial charge in [-0.1, -0.05) is 30.3 Å². The van der Waals surface area contributed by atoms with Crippen molar-refractivity contribution in [2.45, 2.75) is 30.7 Å². The first-order valence-electron chi connectivity index (χ1n) is 6.78. The van der Waals surface area contributed by atoms with Crippen LogP contribution in [0.2, 0.25) is 5.02 Å². The van der Waals surface area contributed by atoms with Crippen LogP contribution in [0.25, 0.3) is 11.5 Å². The molecule has 0 unspecified atom stereocenters. The lowest BCUT2D eigenvalue weighted by molar-refractivity contribution is 0.411. The first kappa shape index (κ1) is 15.1. The van der Waals surface area contributed by atoms with Crippen LogP contribution in [0.5, 0.6) is 0 Å². The van der Waals surface area contributed by atoms with E-state index >= 15 is 0 Å². The van der Waals surface area contributed by atoms with Gasteiger partial charge in [-0.3, -0.25) is 0 Å². The minimum atomic E-state index is 0.462. The summed E-state index contributed by atoms with van der Waals surface area (Å²) in [4.78, 5) is 0. The number of thioether (sulfide) groups is 1. The quantitative estimate of drug-likeness (QED) is 0.629. The Labute approximate surface area is 136 Å². The minimum absolute atomic E-state index is 0.462. The summed E-state index contributed by atoms with van der Waals surface area (Å²) >= 11 is 7.23. The number of rotatable bonds is 6. The highest BCUT2D eigenvalue weighted by Crippen LogP contribution is 2.24. The molecule has 0 aliphatic carbocycles. The smallest absolute Gasteiger partial charge is 0.277 e. The molecule has 6 nitrogen and oxygen atoms in total. The highest BCUT2D eigenvalue weighted by atomic mass is 35.5. The van der Waals surface area contributed by atoms with Crippen LogP contribution in [0, 0.1) is 0 Å². The van der Waals surface area contributed by atoms with Crippen molar-refractivity contribution in [3.05, 3.63) is 41.1 Å². The molecule has 2 heterocycles. The van der Waals surface area contributed by atoms with Crippen LogP contribution >= 0.6 is 23.4 Å². The van der Waals surface area contributed by atoms with Crippen molar-refractivity contribution in [1.82, 2.24) is 20.4 Å². The lowest BCUT2D eigenvalue weighted by Crippen LogP contribution is -1.80. The molecule has 8 heteroatoms. The molecule has 0 aliphatic heterocycles. The molecule has 0 fully saturated rings. The highest BCUT2D eigenvalue weighted by Gasteiger charge is 2.11. The molecule has 0 bridgehead atoms. The molecule has 1 aromatic carbocycles. The Kier molecular flexibility index (Phi) is 4.74. The molecule has 0 saturated heterocycles. The van der Waals surface area contributed by atoms with E-state index in [1.807, 2.05) is 12.1 Å². The summed E-state index contributed by atoms with van der Waals surface area (Å²) in [6.45, 7) is 2.06. The summed E-state index contributed by atoms with van der Waals surface area (Å²) in [5.74, 6) is 2.10. The SMILES string of the molecule is CCCc1nnc(SCc2nnc(-c3ccc(Cl)cc3)o2)o1. The van der Waals surface area contributed by atoms with Crippen molar-refractivity contribution in [3.8, 4) is 11.5 Å². The van der Waals surface area contributed by atoms with Crippen LogP contribution in [0.15, 0.2) is 38.3 Å². The third kappa shape index (κ3) is 3.66. The number of nitrogens with zero attached hydrogens (tertiary/aromatic N) is 4. The predicted octanol–water partition coefficient (Wildman–Crippen LogP) is 4.02. The van der Waals surface area contributed by atoms with Crippen molar-refractivity contribution in [2.24, 2.45) is 0 Å². The Morgan fingerprint density at radius 3 is 2.55 bits per heavy atom. The summed E-state index contributed by atoms with van der Waals surface area (Å²) in [6, 6.07) is 7.23. The fraction of sp³-hybridized carbons (Fsp3) is 0.286. The van der Waals surface area contributed by atoms with E-state index in [2.05, 4.69) is 27.3 Å². The van der Waals surface area contributed by atoms with Gasteiger partial charge in [0.2, 0.25) is 17.7 Å². The molecule has 0 N–H and O–H groups in total. The Morgan fingerprint density at radius 1 is 1.00 bits per heavy atom. The first-order chi connectivity index (χ1) is 10.7. The standard InChI is InChI=1S/C14H13ClN4O2S/c1-2-3-11-16-19-14(21-11)22-8-12-17-18-13(20-12)9-4-6-10(15)7-5-9/h4-7H,2-3,8H2,1H3. The van der Waals surface area contributed by atoms with Gasteiger partial charge in [-0.15, -0.1) is 20.4 Å². The summed E-state index contributed by atoms with van der Waals surface area (Å²) in [5, 5.41) is 17.1. The van der Waals surface area contributed by atoms with Crippen molar-refractivity contribution in [2.75, 3.05) is 0 Å². The number of halogens is 1. The molecule has 0 aliphatic rings. The fourth-order valence-corrected chi connectivity index (χ4v) is 2.50. The molecule has 3 aromatic rings. The van der Waals surface area contributed by atoms with Gasteiger partial charge in [-0.25, -0.2) is 0 Å². The Hall–Kier alpha value is -1.86. The van der Waals surface area contributed by atoms with Gasteiger partial charge >= 0.3 is 0 Å². The summed E-state index contributed by atoms with van der Waals surface area (Å²) in [7, 11) is 0. The predicted molar refractivity (Wildman–Crippen MR) is 82.6 cm³/mol. The van der Waals surface area contributed by atoms with Gasteiger partial charge in [0.05, 0.1) is 5.75 Å². The largest absolute Gasteiger partial charge is 0.420 e. The molecular formula is C14H13ClN4O2S. The molecule has 0 saturated carbocycles. The summed E-state index contributed by atoms with van der Waals surface area (Å²) < 4.78 is 11.1. The second-order valence-corrected chi connectivity index (χ2v) is 5.87. The molecule has 22 heavy (non-hydrogen) atoms. The van der Waals surface area contributed by atoms with Gasteiger partial charge in [-0.2, -0.15) is 0 Å². The third-order valence-electron chi connectivity index (χ3n) is 2.79. The van der Waals surface area contributed by atoms with Crippen LogP contribution < -0.4 is 0 Å². The maximum atomic E-state index is 5.85. The van der Waals surface area contributed by atoms with Gasteiger partial charge in [0, 0.05) is 17.0 Å². The maximum Gasteiger partial charge on any atom is 0.277 e. The monoisotopic (exact) mass is 336 g/mol. The van der Waals surface area contributed by atoms with Gasteiger partial charge in [-0.05, 0) is 30.7 Å². The average molecular weight is 337 g/mol. The lowest BCUT2D eigenvalue weighted by Gasteiger charge is -1.94. The van der Waals surface area contributed by atoms with Gasteiger partial charge < -0.3 is 8.83 Å². The molecular weight excluding hydrogens is 324 g/mol. The van der Waals surface area contributed by atoms with E-state index in [1.54, 1.807) is 12.1 Å². The molecule has 2 aromatic heterocycles. The van der Waals surface area contributed by atoms with E-state index in [-0.39, 0.29) is 0 Å². The maximum absolute atomic E-state index is 5.85. The van der Waals surface area contributed by atoms with Crippen molar-refractivity contribution in [3.63, 3.8) is 0 Å². The number of hydrogen-bond donors (Lipinski definition) is 0. The molecule has 0 spiro atoms. The molecule has 3 rings (SSSR count). The van der Waals surface area contributed by atoms with E-state index in [9.17, 15) is 0 Å². The number of aromatic nitrogens is 4. The molecule has 114 valence electrons. The van der Waals surface area contributed by atoms with E-state index in [0.29, 0.717) is 33.7 Å². The van der Waals surface area contributed by atoms with Crippen LogP contribution in [0.4, 0.5) is 0 Å². The van der Waals surface area contributed by atoms with Crippen molar-refractivity contribution >= 4 is 23.4 Å². The fourth-order valence-electron chi connectivity index (χ4n) is 1.76. The van der Waals surface area contributed by atoms with Gasteiger partial charge in [0.15, 0.2) is 0 Å². The van der Waals surface area contributed by atoms with E-state index < -0.39 is 0 Å². The zero-order chi connectivity index (χ0) is 15.4. The number of benzene rings is 1. The van der Waals surface area contributed by atoms with Crippen LogP contribution in [0.3, 0.4) is 0 Å². The topological polar surface area (TPSA) is 77.8 Å². The summed E-state index contributed by atoms with van der Waals surface area (Å²) in [6.07, 6.45) is 1.76. The van der Waals surface area contributed by atoms with Crippen molar-refractivity contribution in [1.29, 1.82) is 0 Å².